The van der Waals surface area contributed by atoms with Gasteiger partial charge in [-0.25, -0.2) is 4.79 Å². The standard InChI is InChI=1S/C19H33N7O9/c20-6-2-1-3-11(19(34)35)25-17(32)10(4-5-13(22)27)24-18(33)12(8-14(23)28)26-16(31)9(21)7-15(29)30/h9-12H,1-8,20-21H2,(H2,22,27)(H2,23,28)(H,24,33)(H,25,32)(H,26,31)(H,29,30)(H,34,35). The molecule has 0 aliphatic rings. The summed E-state index contributed by atoms with van der Waals surface area (Å²) >= 11 is 0. The molecule has 0 aromatic carbocycles. The summed E-state index contributed by atoms with van der Waals surface area (Å²) in [6.45, 7) is 0.320. The van der Waals surface area contributed by atoms with Gasteiger partial charge in [0.05, 0.1) is 18.9 Å². The van der Waals surface area contributed by atoms with Crippen molar-refractivity contribution in [3.63, 3.8) is 0 Å². The summed E-state index contributed by atoms with van der Waals surface area (Å²) in [5.41, 5.74) is 21.0. The molecule has 0 saturated heterocycles. The third-order valence-corrected chi connectivity index (χ3v) is 4.64. The lowest BCUT2D eigenvalue weighted by atomic mass is 10.1. The van der Waals surface area contributed by atoms with Crippen LogP contribution in [0.1, 0.15) is 44.9 Å². The molecule has 0 rings (SSSR count). The summed E-state index contributed by atoms with van der Waals surface area (Å²) in [6.07, 6.45) is -1.21. The molecule has 0 radical (unpaired) electrons. The summed E-state index contributed by atoms with van der Waals surface area (Å²) < 4.78 is 0. The van der Waals surface area contributed by atoms with Gasteiger partial charge in [-0.05, 0) is 32.2 Å². The van der Waals surface area contributed by atoms with Crippen LogP contribution in [0.25, 0.3) is 0 Å². The molecule has 16 nitrogen and oxygen atoms in total. The van der Waals surface area contributed by atoms with Crippen LogP contribution in [0.4, 0.5) is 0 Å². The highest BCUT2D eigenvalue weighted by atomic mass is 16.4. The molecule has 35 heavy (non-hydrogen) atoms. The highest BCUT2D eigenvalue weighted by molar-refractivity contribution is 5.96. The summed E-state index contributed by atoms with van der Waals surface area (Å²) in [7, 11) is 0. The van der Waals surface area contributed by atoms with Gasteiger partial charge in [-0.15, -0.1) is 0 Å². The first kappa shape index (κ1) is 31.2. The van der Waals surface area contributed by atoms with Gasteiger partial charge < -0.3 is 49.1 Å². The zero-order valence-corrected chi connectivity index (χ0v) is 19.0. The molecule has 0 heterocycles. The Morgan fingerprint density at radius 1 is 0.686 bits per heavy atom. The summed E-state index contributed by atoms with van der Waals surface area (Å²) in [4.78, 5) is 82.3. The first-order chi connectivity index (χ1) is 16.3. The first-order valence-corrected chi connectivity index (χ1v) is 10.7. The summed E-state index contributed by atoms with van der Waals surface area (Å²) in [6, 6.07) is -5.96. The van der Waals surface area contributed by atoms with Crippen molar-refractivity contribution in [3.8, 4) is 0 Å². The van der Waals surface area contributed by atoms with Gasteiger partial charge >= 0.3 is 11.9 Å². The Hall–Kier alpha value is -3.79. The van der Waals surface area contributed by atoms with Crippen LogP contribution in [-0.4, -0.2) is 82.4 Å². The van der Waals surface area contributed by atoms with Crippen LogP contribution >= 0.6 is 0 Å². The monoisotopic (exact) mass is 503 g/mol. The molecule has 0 spiro atoms. The second-order valence-electron chi connectivity index (χ2n) is 7.69. The molecule has 5 amide bonds. The van der Waals surface area contributed by atoms with Crippen LogP contribution in [-0.2, 0) is 33.6 Å². The smallest absolute Gasteiger partial charge is 0.326 e. The molecular weight excluding hydrogens is 470 g/mol. The number of hydrogen-bond acceptors (Lipinski definition) is 9. The Morgan fingerprint density at radius 3 is 1.71 bits per heavy atom. The number of primary amides is 2. The van der Waals surface area contributed by atoms with Gasteiger partial charge in [0, 0.05) is 6.42 Å². The fourth-order valence-corrected chi connectivity index (χ4v) is 2.82. The minimum absolute atomic E-state index is 0.0522. The lowest BCUT2D eigenvalue weighted by molar-refractivity contribution is -0.142. The molecule has 0 aliphatic carbocycles. The maximum Gasteiger partial charge on any atom is 0.326 e. The minimum atomic E-state index is -1.64. The average Bonchev–Trinajstić information content (AvgIpc) is 2.74. The van der Waals surface area contributed by atoms with E-state index in [0.717, 1.165) is 0 Å². The molecule has 0 aromatic rings. The van der Waals surface area contributed by atoms with Gasteiger partial charge in [0.1, 0.15) is 18.1 Å². The van der Waals surface area contributed by atoms with Crippen molar-refractivity contribution in [2.75, 3.05) is 6.54 Å². The molecular formula is C19H33N7O9. The molecule has 0 aromatic heterocycles. The van der Waals surface area contributed by atoms with Crippen LogP contribution in [0, 0.1) is 0 Å². The average molecular weight is 504 g/mol. The number of aliphatic carboxylic acids is 2. The molecule has 13 N–H and O–H groups in total. The second-order valence-corrected chi connectivity index (χ2v) is 7.69. The van der Waals surface area contributed by atoms with E-state index in [1.54, 1.807) is 0 Å². The number of carboxylic acids is 2. The Kier molecular flexibility index (Phi) is 14.2. The topological polar surface area (TPSA) is 300 Å². The number of carboxylic acid groups (broad SMARTS) is 2. The van der Waals surface area contributed by atoms with E-state index in [9.17, 15) is 38.7 Å². The number of hydrogen-bond donors (Lipinski definition) is 9. The van der Waals surface area contributed by atoms with Gasteiger partial charge in [-0.1, -0.05) is 0 Å². The van der Waals surface area contributed by atoms with Gasteiger partial charge in [0.15, 0.2) is 0 Å². The highest BCUT2D eigenvalue weighted by Crippen LogP contribution is 2.05. The van der Waals surface area contributed by atoms with E-state index < -0.39 is 78.5 Å². The third-order valence-electron chi connectivity index (χ3n) is 4.64. The summed E-state index contributed by atoms with van der Waals surface area (Å²) in [5, 5.41) is 24.6. The van der Waals surface area contributed by atoms with Crippen molar-refractivity contribution in [1.82, 2.24) is 16.0 Å². The third kappa shape index (κ3) is 13.5. The number of carbonyl (C=O) groups is 7. The molecule has 198 valence electrons. The van der Waals surface area contributed by atoms with Crippen molar-refractivity contribution in [1.29, 1.82) is 0 Å². The van der Waals surface area contributed by atoms with E-state index in [2.05, 4.69) is 16.0 Å². The fourth-order valence-electron chi connectivity index (χ4n) is 2.82. The van der Waals surface area contributed by atoms with Gasteiger partial charge in [-0.2, -0.15) is 0 Å². The van der Waals surface area contributed by atoms with E-state index in [-0.39, 0.29) is 19.3 Å². The van der Waals surface area contributed by atoms with Crippen LogP contribution < -0.4 is 38.9 Å². The zero-order chi connectivity index (χ0) is 27.1. The van der Waals surface area contributed by atoms with E-state index in [0.29, 0.717) is 19.4 Å². The Balaban J connectivity index is 5.56. The van der Waals surface area contributed by atoms with Crippen LogP contribution in [0.5, 0.6) is 0 Å². The number of nitrogens with one attached hydrogen (secondary N) is 3. The molecule has 0 saturated carbocycles. The molecule has 4 unspecified atom stereocenters. The first-order valence-electron chi connectivity index (χ1n) is 10.7. The second kappa shape index (κ2) is 15.9. The lowest BCUT2D eigenvalue weighted by Gasteiger charge is -2.24. The van der Waals surface area contributed by atoms with Crippen molar-refractivity contribution in [2.45, 2.75) is 69.1 Å². The van der Waals surface area contributed by atoms with Crippen molar-refractivity contribution in [3.05, 3.63) is 0 Å². The van der Waals surface area contributed by atoms with Crippen molar-refractivity contribution < 1.29 is 43.8 Å². The molecule has 16 heteroatoms. The Bertz CT molecular complexity index is 806. The normalized spacial score (nSPS) is 14.0. The fraction of sp³-hybridized carbons (Fsp3) is 0.632. The highest BCUT2D eigenvalue weighted by Gasteiger charge is 2.31. The quantitative estimate of drug-likeness (QED) is 0.0804. The summed E-state index contributed by atoms with van der Waals surface area (Å²) in [5.74, 6) is -7.64. The molecule has 0 fully saturated rings. The van der Waals surface area contributed by atoms with Gasteiger partial charge in [0.2, 0.25) is 29.5 Å². The van der Waals surface area contributed by atoms with Gasteiger partial charge in [0.25, 0.3) is 0 Å². The van der Waals surface area contributed by atoms with Crippen LogP contribution in [0.2, 0.25) is 0 Å². The van der Waals surface area contributed by atoms with Gasteiger partial charge in [-0.3, -0.25) is 28.8 Å². The number of unbranched alkanes of at least 4 members (excludes halogenated alkanes) is 1. The Labute approximate surface area is 200 Å². The zero-order valence-electron chi connectivity index (χ0n) is 19.0. The Morgan fingerprint density at radius 2 is 1.23 bits per heavy atom. The number of carbonyl (C=O) groups excluding carboxylic acids is 5. The maximum absolute atomic E-state index is 12.7. The molecule has 4 atom stereocenters. The lowest BCUT2D eigenvalue weighted by Crippen LogP contribution is -2.58. The predicted octanol–water partition coefficient (Wildman–Crippen LogP) is -4.40. The number of rotatable bonds is 18. The van der Waals surface area contributed by atoms with E-state index in [1.165, 1.54) is 0 Å². The number of amides is 5. The van der Waals surface area contributed by atoms with E-state index in [4.69, 9.17) is 28.0 Å². The van der Waals surface area contributed by atoms with E-state index >= 15 is 0 Å². The van der Waals surface area contributed by atoms with E-state index in [1.807, 2.05) is 0 Å². The minimum Gasteiger partial charge on any atom is -0.481 e. The molecule has 0 aliphatic heterocycles. The van der Waals surface area contributed by atoms with Crippen LogP contribution in [0.3, 0.4) is 0 Å². The SMILES string of the molecule is NCCCCC(NC(=O)C(CCC(N)=O)NC(=O)C(CC(N)=O)NC(=O)C(N)CC(=O)O)C(=O)O. The predicted molar refractivity (Wildman–Crippen MR) is 119 cm³/mol. The van der Waals surface area contributed by atoms with Crippen molar-refractivity contribution >= 4 is 41.5 Å². The maximum atomic E-state index is 12.7. The van der Waals surface area contributed by atoms with Crippen LogP contribution in [0.15, 0.2) is 0 Å². The molecule has 0 bridgehead atoms. The number of nitrogens with two attached hydrogens (primary N) is 4. The van der Waals surface area contributed by atoms with Crippen molar-refractivity contribution in [2.24, 2.45) is 22.9 Å². The largest absolute Gasteiger partial charge is 0.481 e.